The molecule has 0 saturated heterocycles. The molecule has 0 aromatic carbocycles. The molecule has 0 radical (unpaired) electrons. The van der Waals surface area contributed by atoms with Crippen LogP contribution in [0.25, 0.3) is 0 Å². The topological polar surface area (TPSA) is 96.0 Å². The predicted octanol–water partition coefficient (Wildman–Crippen LogP) is 1.25. The smallest absolute Gasteiger partial charge is 0.319 e. The van der Waals surface area contributed by atoms with Crippen LogP contribution in [0.2, 0.25) is 0 Å². The molecule has 1 aromatic rings. The van der Waals surface area contributed by atoms with Crippen LogP contribution >= 0.6 is 11.5 Å². The Bertz CT molecular complexity index is 593. The molecule has 114 valence electrons. The van der Waals surface area contributed by atoms with E-state index < -0.39 is 0 Å². The van der Waals surface area contributed by atoms with Gasteiger partial charge in [-0.05, 0) is 31.3 Å². The summed E-state index contributed by atoms with van der Waals surface area (Å²) in [5.74, 6) is 0.0711. The molecule has 1 aromatic heterocycles. The van der Waals surface area contributed by atoms with Gasteiger partial charge in [0.15, 0.2) is 0 Å². The van der Waals surface area contributed by atoms with Gasteiger partial charge in [-0.3, -0.25) is 4.79 Å². The van der Waals surface area contributed by atoms with Gasteiger partial charge in [0.1, 0.15) is 0 Å². The molecule has 1 atom stereocenters. The lowest BCUT2D eigenvalue weighted by Crippen LogP contribution is -2.50. The summed E-state index contributed by atoms with van der Waals surface area (Å²) in [6.45, 7) is 7.97. The van der Waals surface area contributed by atoms with Crippen LogP contribution in [-0.4, -0.2) is 27.6 Å². The van der Waals surface area contributed by atoms with E-state index in [1.807, 2.05) is 13.8 Å². The molecule has 0 saturated carbocycles. The summed E-state index contributed by atoms with van der Waals surface area (Å²) in [6, 6.07) is -0.604. The first kappa shape index (κ1) is 15.4. The van der Waals surface area contributed by atoms with E-state index in [0.29, 0.717) is 17.8 Å². The minimum absolute atomic E-state index is 0.199. The van der Waals surface area contributed by atoms with Gasteiger partial charge in [-0.2, -0.15) is 0 Å². The van der Waals surface area contributed by atoms with Crippen LogP contribution in [0.15, 0.2) is 11.3 Å². The zero-order valence-corrected chi connectivity index (χ0v) is 13.3. The molecule has 2 rings (SSSR count). The summed E-state index contributed by atoms with van der Waals surface area (Å²) in [5.41, 5.74) is 2.03. The summed E-state index contributed by atoms with van der Waals surface area (Å²) in [5, 5.41) is 12.2. The van der Waals surface area contributed by atoms with Gasteiger partial charge >= 0.3 is 6.03 Å². The summed E-state index contributed by atoms with van der Waals surface area (Å²) in [4.78, 5) is 24.6. The van der Waals surface area contributed by atoms with Gasteiger partial charge in [-0.1, -0.05) is 18.3 Å². The molecule has 0 bridgehead atoms. The van der Waals surface area contributed by atoms with E-state index >= 15 is 0 Å². The Balaban J connectivity index is 2.06. The first-order valence-electron chi connectivity index (χ1n) is 6.77. The van der Waals surface area contributed by atoms with Crippen LogP contribution in [0, 0.1) is 0 Å². The third kappa shape index (κ3) is 3.38. The molecule has 1 aliphatic rings. The van der Waals surface area contributed by atoms with Crippen molar-refractivity contribution in [2.75, 3.05) is 0 Å². The van der Waals surface area contributed by atoms with Crippen molar-refractivity contribution in [3.63, 3.8) is 0 Å². The summed E-state index contributed by atoms with van der Waals surface area (Å²) in [7, 11) is 0. The Morgan fingerprint density at radius 2 is 2.19 bits per heavy atom. The SMILES string of the molecule is CC1=C(C(=O)NCc2snnc2C(C)C)[C@H](C)NC(=O)N1. The number of hydrogen-bond acceptors (Lipinski definition) is 5. The number of carbonyl (C=O) groups is 2. The van der Waals surface area contributed by atoms with Crippen molar-refractivity contribution in [1.82, 2.24) is 25.5 Å². The highest BCUT2D eigenvalue weighted by molar-refractivity contribution is 7.05. The number of urea groups is 1. The number of amides is 3. The Kier molecular flexibility index (Phi) is 4.56. The van der Waals surface area contributed by atoms with Gasteiger partial charge in [-0.25, -0.2) is 4.79 Å². The monoisotopic (exact) mass is 309 g/mol. The van der Waals surface area contributed by atoms with Crippen molar-refractivity contribution in [1.29, 1.82) is 0 Å². The van der Waals surface area contributed by atoms with Gasteiger partial charge in [0.25, 0.3) is 5.91 Å². The lowest BCUT2D eigenvalue weighted by atomic mass is 10.0. The molecule has 3 N–H and O–H groups in total. The average Bonchev–Trinajstić information content (AvgIpc) is 2.83. The van der Waals surface area contributed by atoms with E-state index in [-0.39, 0.29) is 23.9 Å². The van der Waals surface area contributed by atoms with Crippen molar-refractivity contribution in [3.05, 3.63) is 21.8 Å². The summed E-state index contributed by atoms with van der Waals surface area (Å²) >= 11 is 1.29. The molecule has 3 amide bonds. The predicted molar refractivity (Wildman–Crippen MR) is 79.7 cm³/mol. The van der Waals surface area contributed by atoms with Gasteiger partial charge in [0.05, 0.1) is 28.7 Å². The lowest BCUT2D eigenvalue weighted by molar-refractivity contribution is -0.118. The third-order valence-electron chi connectivity index (χ3n) is 3.27. The first-order chi connectivity index (χ1) is 9.90. The van der Waals surface area contributed by atoms with Crippen LogP contribution in [-0.2, 0) is 11.3 Å². The quantitative estimate of drug-likeness (QED) is 0.780. The molecular weight excluding hydrogens is 290 g/mol. The Labute approximate surface area is 127 Å². The fourth-order valence-electron chi connectivity index (χ4n) is 2.27. The molecule has 8 heteroatoms. The van der Waals surface area contributed by atoms with E-state index in [2.05, 4.69) is 25.5 Å². The maximum absolute atomic E-state index is 12.3. The van der Waals surface area contributed by atoms with E-state index in [4.69, 9.17) is 0 Å². The van der Waals surface area contributed by atoms with Gasteiger partial charge < -0.3 is 16.0 Å². The molecule has 1 aliphatic heterocycles. The molecule has 7 nitrogen and oxygen atoms in total. The molecule has 0 unspecified atom stereocenters. The van der Waals surface area contributed by atoms with E-state index in [0.717, 1.165) is 10.6 Å². The standard InChI is InChI=1S/C13H19N5O2S/c1-6(2)11-9(21-18-17-11)5-14-12(19)10-7(3)15-13(20)16-8(10)4/h6-7H,5H2,1-4H3,(H,14,19)(H2,15,16,20)/t7-/m0/s1. The van der Waals surface area contributed by atoms with Gasteiger partial charge in [0, 0.05) is 5.70 Å². The van der Waals surface area contributed by atoms with Crippen molar-refractivity contribution in [2.45, 2.75) is 46.2 Å². The molecule has 21 heavy (non-hydrogen) atoms. The van der Waals surface area contributed by atoms with E-state index in [9.17, 15) is 9.59 Å². The normalized spacial score (nSPS) is 18.5. The molecular formula is C13H19N5O2S. The Morgan fingerprint density at radius 1 is 1.48 bits per heavy atom. The van der Waals surface area contributed by atoms with E-state index in [1.165, 1.54) is 11.5 Å². The van der Waals surface area contributed by atoms with E-state index in [1.54, 1.807) is 13.8 Å². The number of aromatic nitrogens is 2. The maximum Gasteiger partial charge on any atom is 0.319 e. The Morgan fingerprint density at radius 3 is 2.81 bits per heavy atom. The fourth-order valence-corrected chi connectivity index (χ4v) is 3.00. The largest absolute Gasteiger partial charge is 0.347 e. The highest BCUT2D eigenvalue weighted by Crippen LogP contribution is 2.20. The van der Waals surface area contributed by atoms with Crippen molar-refractivity contribution < 1.29 is 9.59 Å². The number of allylic oxidation sites excluding steroid dienone is 1. The molecule has 0 aliphatic carbocycles. The molecule has 0 fully saturated rings. The third-order valence-corrected chi connectivity index (χ3v) is 4.01. The highest BCUT2D eigenvalue weighted by atomic mass is 32.1. The summed E-state index contributed by atoms with van der Waals surface area (Å²) < 4.78 is 3.93. The zero-order valence-electron chi connectivity index (χ0n) is 12.5. The number of carbonyl (C=O) groups excluding carboxylic acids is 2. The molecule has 0 spiro atoms. The molecule has 2 heterocycles. The second kappa shape index (κ2) is 6.21. The zero-order chi connectivity index (χ0) is 15.6. The summed E-state index contributed by atoms with van der Waals surface area (Å²) in [6.07, 6.45) is 0. The minimum atomic E-state index is -0.317. The second-order valence-corrected chi connectivity index (χ2v) is 6.12. The van der Waals surface area contributed by atoms with Crippen molar-refractivity contribution in [2.24, 2.45) is 0 Å². The minimum Gasteiger partial charge on any atom is -0.347 e. The first-order valence-corrected chi connectivity index (χ1v) is 7.55. The highest BCUT2D eigenvalue weighted by Gasteiger charge is 2.26. The second-order valence-electron chi connectivity index (χ2n) is 5.28. The van der Waals surface area contributed by atoms with Crippen LogP contribution < -0.4 is 16.0 Å². The van der Waals surface area contributed by atoms with Gasteiger partial charge in [-0.15, -0.1) is 5.10 Å². The van der Waals surface area contributed by atoms with Crippen LogP contribution in [0.4, 0.5) is 4.79 Å². The number of nitrogens with zero attached hydrogens (tertiary/aromatic N) is 2. The van der Waals surface area contributed by atoms with Crippen LogP contribution in [0.5, 0.6) is 0 Å². The Hall–Kier alpha value is -1.96. The van der Waals surface area contributed by atoms with Gasteiger partial charge in [0.2, 0.25) is 0 Å². The van der Waals surface area contributed by atoms with Crippen LogP contribution in [0.1, 0.15) is 44.2 Å². The maximum atomic E-state index is 12.3. The lowest BCUT2D eigenvalue weighted by Gasteiger charge is -2.25. The van der Waals surface area contributed by atoms with Crippen molar-refractivity contribution in [3.8, 4) is 0 Å². The fraction of sp³-hybridized carbons (Fsp3) is 0.538. The average molecular weight is 309 g/mol. The van der Waals surface area contributed by atoms with Crippen molar-refractivity contribution >= 4 is 23.5 Å². The number of nitrogens with one attached hydrogen (secondary N) is 3. The number of rotatable bonds is 4. The van der Waals surface area contributed by atoms with Crippen LogP contribution in [0.3, 0.4) is 0 Å². The number of hydrogen-bond donors (Lipinski definition) is 3.